The van der Waals surface area contributed by atoms with Crippen molar-refractivity contribution in [1.82, 2.24) is 10.6 Å². The van der Waals surface area contributed by atoms with Crippen LogP contribution < -0.4 is 21.7 Å². The van der Waals surface area contributed by atoms with E-state index < -0.39 is 17.4 Å². The summed E-state index contributed by atoms with van der Waals surface area (Å²) in [6, 6.07) is 11.6. The van der Waals surface area contributed by atoms with Gasteiger partial charge in [-0.1, -0.05) is 29.8 Å². The van der Waals surface area contributed by atoms with Gasteiger partial charge in [0.25, 0.3) is 11.8 Å². The quantitative estimate of drug-likeness (QED) is 0.589. The first-order valence-electron chi connectivity index (χ1n) is 8.79. The zero-order chi connectivity index (χ0) is 21.2. The van der Waals surface area contributed by atoms with Crippen molar-refractivity contribution in [1.29, 1.82) is 0 Å². The fourth-order valence-corrected chi connectivity index (χ4v) is 3.51. The Morgan fingerprint density at radius 1 is 1.14 bits per heavy atom. The van der Waals surface area contributed by atoms with Crippen LogP contribution in [0.1, 0.15) is 21.5 Å². The highest BCUT2D eigenvalue weighted by Crippen LogP contribution is 2.28. The minimum atomic E-state index is -1.54. The fourth-order valence-electron chi connectivity index (χ4n) is 3.19. The zero-order valence-electron chi connectivity index (χ0n) is 15.9. The summed E-state index contributed by atoms with van der Waals surface area (Å²) in [5, 5.41) is 8.48. The third-order valence-electron chi connectivity index (χ3n) is 4.69. The van der Waals surface area contributed by atoms with Crippen molar-refractivity contribution in [3.8, 4) is 0 Å². The van der Waals surface area contributed by atoms with Crippen LogP contribution in [0.5, 0.6) is 0 Å². The van der Waals surface area contributed by atoms with Crippen molar-refractivity contribution in [2.45, 2.75) is 12.5 Å². The van der Waals surface area contributed by atoms with Crippen LogP contribution in [0.25, 0.3) is 0 Å². The van der Waals surface area contributed by atoms with Crippen molar-refractivity contribution in [2.24, 2.45) is 10.7 Å². The Balaban J connectivity index is 1.87. The Morgan fingerprint density at radius 2 is 1.83 bits per heavy atom. The summed E-state index contributed by atoms with van der Waals surface area (Å²) in [5.41, 5.74) is 6.31. The number of hydrogen-bond acceptors (Lipinski definition) is 5. The lowest BCUT2D eigenvalue weighted by Crippen LogP contribution is -2.58. The molecule has 1 aliphatic heterocycles. The highest BCUT2D eigenvalue weighted by atomic mass is 35.5. The van der Waals surface area contributed by atoms with Gasteiger partial charge in [-0.05, 0) is 42.3 Å². The first-order valence-corrected chi connectivity index (χ1v) is 9.17. The van der Waals surface area contributed by atoms with Gasteiger partial charge in [-0.15, -0.1) is 0 Å². The second-order valence-electron chi connectivity index (χ2n) is 6.55. The monoisotopic (exact) mass is 413 g/mol. The summed E-state index contributed by atoms with van der Waals surface area (Å²) >= 11 is 6.14. The third-order valence-corrected chi connectivity index (χ3v) is 5.01. The predicted octanol–water partition coefficient (Wildman–Crippen LogP) is 1.33. The Hall–Kier alpha value is -3.23. The molecule has 150 valence electrons. The van der Waals surface area contributed by atoms with Crippen molar-refractivity contribution in [3.63, 3.8) is 0 Å². The van der Waals surface area contributed by atoms with Crippen molar-refractivity contribution < 1.29 is 14.4 Å². The molecule has 0 spiro atoms. The molecule has 2 aromatic carbocycles. The Kier molecular flexibility index (Phi) is 5.67. The van der Waals surface area contributed by atoms with Crippen molar-refractivity contribution in [3.05, 3.63) is 64.2 Å². The molecule has 3 amide bonds. The highest BCUT2D eigenvalue weighted by molar-refractivity contribution is 6.47. The molecular formula is C20H20ClN5O3. The van der Waals surface area contributed by atoms with E-state index in [1.54, 1.807) is 42.5 Å². The maximum Gasteiger partial charge on any atom is 0.267 e. The van der Waals surface area contributed by atoms with Crippen LogP contribution in [-0.4, -0.2) is 37.1 Å². The van der Waals surface area contributed by atoms with Gasteiger partial charge in [0.15, 0.2) is 5.54 Å². The number of anilines is 1. The molecule has 0 aromatic heterocycles. The van der Waals surface area contributed by atoms with E-state index in [1.807, 2.05) is 6.92 Å². The molecular weight excluding hydrogens is 394 g/mol. The molecule has 1 atom stereocenters. The number of carbonyl (C=O) groups excluding carboxylic acids is 3. The summed E-state index contributed by atoms with van der Waals surface area (Å²) in [6.45, 7) is 1.96. The Morgan fingerprint density at radius 3 is 2.41 bits per heavy atom. The second kappa shape index (κ2) is 8.02. The van der Waals surface area contributed by atoms with Gasteiger partial charge >= 0.3 is 0 Å². The number of hydrogen-bond donors (Lipinski definition) is 4. The molecule has 29 heavy (non-hydrogen) atoms. The number of amides is 3. The van der Waals surface area contributed by atoms with E-state index in [-0.39, 0.29) is 18.3 Å². The summed E-state index contributed by atoms with van der Waals surface area (Å²) < 4.78 is 0. The molecule has 0 fully saturated rings. The average molecular weight is 414 g/mol. The number of aryl methyl sites for hydroxylation is 1. The number of halogens is 1. The summed E-state index contributed by atoms with van der Waals surface area (Å²) in [4.78, 5) is 41.0. The first kappa shape index (κ1) is 20.5. The van der Waals surface area contributed by atoms with Crippen LogP contribution in [0, 0.1) is 6.92 Å². The van der Waals surface area contributed by atoms with E-state index in [4.69, 9.17) is 17.3 Å². The molecule has 0 saturated carbocycles. The fraction of sp³-hybridized carbons (Fsp3) is 0.200. The van der Waals surface area contributed by atoms with E-state index >= 15 is 0 Å². The van der Waals surface area contributed by atoms with Gasteiger partial charge in [-0.3, -0.25) is 24.7 Å². The number of rotatable bonds is 5. The van der Waals surface area contributed by atoms with E-state index in [1.165, 1.54) is 7.05 Å². The van der Waals surface area contributed by atoms with E-state index in [0.717, 1.165) is 5.56 Å². The highest BCUT2D eigenvalue weighted by Gasteiger charge is 2.49. The maximum absolute atomic E-state index is 12.5. The number of aliphatic imine (C=N–C) groups is 1. The lowest BCUT2D eigenvalue weighted by molar-refractivity contribution is -0.123. The summed E-state index contributed by atoms with van der Waals surface area (Å²) in [6.07, 6.45) is 0. The lowest BCUT2D eigenvalue weighted by atomic mass is 9.84. The number of benzene rings is 2. The van der Waals surface area contributed by atoms with Crippen molar-refractivity contribution >= 4 is 40.7 Å². The van der Waals surface area contributed by atoms with Gasteiger partial charge in [0.1, 0.15) is 5.71 Å². The van der Waals surface area contributed by atoms with Gasteiger partial charge in [-0.25, -0.2) is 0 Å². The molecule has 0 saturated heterocycles. The molecule has 0 bridgehead atoms. The molecule has 0 aliphatic carbocycles. The van der Waals surface area contributed by atoms with Crippen LogP contribution in [0.3, 0.4) is 0 Å². The Bertz CT molecular complexity index is 1020. The van der Waals surface area contributed by atoms with Crippen molar-refractivity contribution in [2.75, 3.05) is 19.0 Å². The zero-order valence-corrected chi connectivity index (χ0v) is 16.6. The number of nitrogens with one attached hydrogen (secondary N) is 3. The van der Waals surface area contributed by atoms with Gasteiger partial charge in [0, 0.05) is 12.7 Å². The SMILES string of the molecule is CNC(=O)C1=NCNC1(C(N)=O)c1ccc(NC(=O)c2ccc(C)cc2Cl)cc1. The summed E-state index contributed by atoms with van der Waals surface area (Å²) in [7, 11) is 1.45. The molecule has 1 heterocycles. The van der Waals surface area contributed by atoms with Gasteiger partial charge in [0.2, 0.25) is 5.91 Å². The summed E-state index contributed by atoms with van der Waals surface area (Å²) in [5.74, 6) is -1.61. The number of nitrogens with two attached hydrogens (primary N) is 1. The molecule has 8 nitrogen and oxygen atoms in total. The van der Waals surface area contributed by atoms with Crippen LogP contribution in [-0.2, 0) is 15.1 Å². The number of primary amides is 1. The Labute approximate surface area is 172 Å². The number of nitrogens with zero attached hydrogens (tertiary/aromatic N) is 1. The van der Waals surface area contributed by atoms with Crippen LogP contribution in [0.2, 0.25) is 5.02 Å². The molecule has 3 rings (SSSR count). The first-order chi connectivity index (χ1) is 13.8. The van der Waals surface area contributed by atoms with Gasteiger partial charge in [-0.2, -0.15) is 0 Å². The smallest absolute Gasteiger partial charge is 0.267 e. The van der Waals surface area contributed by atoms with Crippen LogP contribution in [0.15, 0.2) is 47.5 Å². The molecule has 5 N–H and O–H groups in total. The standard InChI is InChI=1S/C20H20ClN5O3/c1-11-3-8-14(15(21)9-11)17(27)26-13-6-4-12(5-7-13)20(19(22)29)16(18(28)23-2)24-10-25-20/h3-9,25H,10H2,1-2H3,(H2,22,29)(H,23,28)(H,26,27). The van der Waals surface area contributed by atoms with E-state index in [2.05, 4.69) is 20.9 Å². The van der Waals surface area contributed by atoms with Crippen LogP contribution >= 0.6 is 11.6 Å². The minimum Gasteiger partial charge on any atom is -0.367 e. The molecule has 9 heteroatoms. The molecule has 1 unspecified atom stereocenters. The maximum atomic E-state index is 12.5. The van der Waals surface area contributed by atoms with Crippen LogP contribution in [0.4, 0.5) is 5.69 Å². The van der Waals surface area contributed by atoms with Gasteiger partial charge < -0.3 is 16.4 Å². The topological polar surface area (TPSA) is 126 Å². The second-order valence-corrected chi connectivity index (χ2v) is 6.96. The van der Waals surface area contributed by atoms with E-state index in [0.29, 0.717) is 21.8 Å². The number of carbonyl (C=O) groups is 3. The lowest BCUT2D eigenvalue weighted by Gasteiger charge is -2.27. The normalized spacial score (nSPS) is 18.1. The third kappa shape index (κ3) is 3.72. The molecule has 2 aromatic rings. The molecule has 0 radical (unpaired) electrons. The largest absolute Gasteiger partial charge is 0.367 e. The average Bonchev–Trinajstić information content (AvgIpc) is 3.14. The predicted molar refractivity (Wildman–Crippen MR) is 111 cm³/mol. The minimum absolute atomic E-state index is 0.00396. The van der Waals surface area contributed by atoms with Gasteiger partial charge in [0.05, 0.1) is 17.3 Å². The molecule has 1 aliphatic rings. The van der Waals surface area contributed by atoms with E-state index in [9.17, 15) is 14.4 Å².